The molecule has 2 N–H and O–H groups in total. The first-order chi connectivity index (χ1) is 12.1. The molecule has 2 aromatic carbocycles. The molecule has 10 heteroatoms. The summed E-state index contributed by atoms with van der Waals surface area (Å²) in [6.07, 6.45) is -1.52. The Morgan fingerprint density at radius 1 is 1.00 bits per heavy atom. The van der Waals surface area contributed by atoms with Gasteiger partial charge in [0.05, 0.1) is 5.56 Å². The first-order valence-electron chi connectivity index (χ1n) is 7.01. The third-order valence-corrected chi connectivity index (χ3v) is 4.34. The number of esters is 1. The van der Waals surface area contributed by atoms with Crippen LogP contribution < -0.4 is 10.6 Å². The van der Waals surface area contributed by atoms with Gasteiger partial charge in [0.15, 0.2) is 0 Å². The fourth-order valence-electron chi connectivity index (χ4n) is 1.76. The van der Waals surface area contributed by atoms with E-state index in [9.17, 15) is 9.59 Å². The standard InChI is InChI=1S/C16H11BrCl4N2O3/c17-10-3-7-12(8-4-10)22-15(25)23-14(16(19,20)21)26-13(24)9-1-5-11(18)6-2-9/h1-8,14H,(H2,22,23,25)/t14-/m0/s1. The van der Waals surface area contributed by atoms with Gasteiger partial charge in [-0.2, -0.15) is 0 Å². The van der Waals surface area contributed by atoms with Crippen molar-refractivity contribution in [1.29, 1.82) is 0 Å². The Morgan fingerprint density at radius 3 is 2.12 bits per heavy atom. The zero-order valence-corrected chi connectivity index (χ0v) is 17.4. The van der Waals surface area contributed by atoms with Gasteiger partial charge in [-0.1, -0.05) is 62.3 Å². The van der Waals surface area contributed by atoms with Crippen LogP contribution in [-0.4, -0.2) is 22.0 Å². The molecular formula is C16H11BrCl4N2O3. The van der Waals surface area contributed by atoms with Gasteiger partial charge in [-0.05, 0) is 48.5 Å². The fourth-order valence-corrected chi connectivity index (χ4v) is 2.45. The van der Waals surface area contributed by atoms with E-state index in [-0.39, 0.29) is 5.56 Å². The van der Waals surface area contributed by atoms with Gasteiger partial charge in [0, 0.05) is 15.2 Å². The monoisotopic (exact) mass is 498 g/mol. The Bertz CT molecular complexity index is 780. The maximum absolute atomic E-state index is 12.2. The van der Waals surface area contributed by atoms with Gasteiger partial charge in [0.2, 0.25) is 10.0 Å². The number of urea groups is 1. The zero-order valence-electron chi connectivity index (χ0n) is 12.8. The normalized spacial score (nSPS) is 12.2. The van der Waals surface area contributed by atoms with Crippen LogP contribution in [0.25, 0.3) is 0 Å². The maximum Gasteiger partial charge on any atom is 0.340 e. The molecule has 2 amide bonds. The lowest BCUT2D eigenvalue weighted by molar-refractivity contribution is 0.0261. The molecule has 0 spiro atoms. The van der Waals surface area contributed by atoms with Gasteiger partial charge >= 0.3 is 12.0 Å². The molecule has 0 aliphatic carbocycles. The van der Waals surface area contributed by atoms with Crippen molar-refractivity contribution < 1.29 is 14.3 Å². The average molecular weight is 501 g/mol. The number of rotatable bonds is 4. The Balaban J connectivity index is 2.04. The van der Waals surface area contributed by atoms with E-state index in [1.807, 2.05) is 0 Å². The van der Waals surface area contributed by atoms with Crippen LogP contribution in [0, 0.1) is 0 Å². The van der Waals surface area contributed by atoms with Gasteiger partial charge in [0.1, 0.15) is 0 Å². The van der Waals surface area contributed by atoms with Crippen LogP contribution >= 0.6 is 62.3 Å². The quantitative estimate of drug-likeness (QED) is 0.318. The summed E-state index contributed by atoms with van der Waals surface area (Å²) in [7, 11) is 0. The third-order valence-electron chi connectivity index (χ3n) is 2.97. The number of hydrogen-bond acceptors (Lipinski definition) is 3. The van der Waals surface area contributed by atoms with Crippen LogP contribution in [0.4, 0.5) is 10.5 Å². The molecule has 0 saturated carbocycles. The van der Waals surface area contributed by atoms with Crippen LogP contribution in [0.1, 0.15) is 10.4 Å². The molecule has 0 aromatic heterocycles. The molecule has 0 saturated heterocycles. The SMILES string of the molecule is O=C(Nc1ccc(Br)cc1)N[C@@H](OC(=O)c1ccc(Cl)cc1)C(Cl)(Cl)Cl. The molecule has 0 bridgehead atoms. The number of ether oxygens (including phenoxy) is 1. The van der Waals surface area contributed by atoms with Crippen LogP contribution in [0.5, 0.6) is 0 Å². The highest BCUT2D eigenvalue weighted by molar-refractivity contribution is 9.10. The van der Waals surface area contributed by atoms with Crippen LogP contribution in [0.3, 0.4) is 0 Å². The molecule has 1 atom stereocenters. The van der Waals surface area contributed by atoms with Crippen molar-refractivity contribution >= 4 is 80.0 Å². The molecule has 2 aromatic rings. The van der Waals surface area contributed by atoms with E-state index in [0.717, 1.165) is 4.47 Å². The van der Waals surface area contributed by atoms with Crippen molar-refractivity contribution in [3.63, 3.8) is 0 Å². The number of anilines is 1. The number of hydrogen-bond donors (Lipinski definition) is 2. The molecule has 0 heterocycles. The minimum atomic E-state index is -2.08. The molecule has 0 aliphatic heterocycles. The maximum atomic E-state index is 12.2. The summed E-state index contributed by atoms with van der Waals surface area (Å²) in [6.45, 7) is 0. The Hall–Kier alpha value is -1.18. The van der Waals surface area contributed by atoms with E-state index < -0.39 is 22.0 Å². The third kappa shape index (κ3) is 6.52. The molecule has 2 rings (SSSR count). The number of carbonyl (C=O) groups is 2. The number of carbonyl (C=O) groups excluding carboxylic acids is 2. The highest BCUT2D eigenvalue weighted by Gasteiger charge is 2.37. The molecule has 0 fully saturated rings. The van der Waals surface area contributed by atoms with Crippen LogP contribution in [-0.2, 0) is 4.74 Å². The Labute approximate surface area is 178 Å². The lowest BCUT2D eigenvalue weighted by atomic mass is 10.2. The van der Waals surface area contributed by atoms with Gasteiger partial charge in [-0.25, -0.2) is 9.59 Å². The Kier molecular flexibility index (Phi) is 7.43. The molecule has 0 radical (unpaired) electrons. The van der Waals surface area contributed by atoms with E-state index in [4.69, 9.17) is 51.1 Å². The molecule has 0 unspecified atom stereocenters. The smallest absolute Gasteiger partial charge is 0.340 e. The molecule has 138 valence electrons. The summed E-state index contributed by atoms with van der Waals surface area (Å²) in [5, 5.41) is 5.29. The van der Waals surface area contributed by atoms with Gasteiger partial charge in [-0.15, -0.1) is 0 Å². The number of benzene rings is 2. The minimum absolute atomic E-state index is 0.184. The van der Waals surface area contributed by atoms with Crippen molar-refractivity contribution in [3.8, 4) is 0 Å². The number of halogens is 5. The average Bonchev–Trinajstić information content (AvgIpc) is 2.56. The van der Waals surface area contributed by atoms with Crippen LogP contribution in [0.2, 0.25) is 5.02 Å². The zero-order chi connectivity index (χ0) is 19.3. The van der Waals surface area contributed by atoms with Crippen LogP contribution in [0.15, 0.2) is 53.0 Å². The topological polar surface area (TPSA) is 67.4 Å². The van der Waals surface area contributed by atoms with E-state index in [2.05, 4.69) is 26.6 Å². The summed E-state index contributed by atoms with van der Waals surface area (Å²) in [5.41, 5.74) is 0.682. The van der Waals surface area contributed by atoms with E-state index in [0.29, 0.717) is 10.7 Å². The lowest BCUT2D eigenvalue weighted by Gasteiger charge is -2.25. The molecule has 5 nitrogen and oxygen atoms in total. The second kappa shape index (κ2) is 9.15. The largest absolute Gasteiger partial charge is 0.433 e. The second-order valence-electron chi connectivity index (χ2n) is 4.94. The molecule has 0 aliphatic rings. The number of nitrogens with one attached hydrogen (secondary N) is 2. The summed E-state index contributed by atoms with van der Waals surface area (Å²) in [4.78, 5) is 24.3. The van der Waals surface area contributed by atoms with Gasteiger partial charge in [0.25, 0.3) is 0 Å². The fraction of sp³-hybridized carbons (Fsp3) is 0.125. The predicted octanol–water partition coefficient (Wildman–Crippen LogP) is 5.78. The highest BCUT2D eigenvalue weighted by atomic mass is 79.9. The molecular weight excluding hydrogens is 490 g/mol. The molecule has 26 heavy (non-hydrogen) atoms. The van der Waals surface area contributed by atoms with Gasteiger partial charge < -0.3 is 10.1 Å². The van der Waals surface area contributed by atoms with Crippen molar-refractivity contribution in [2.45, 2.75) is 10.0 Å². The highest BCUT2D eigenvalue weighted by Crippen LogP contribution is 2.31. The number of amides is 2. The van der Waals surface area contributed by atoms with Crippen molar-refractivity contribution in [1.82, 2.24) is 5.32 Å². The van der Waals surface area contributed by atoms with E-state index >= 15 is 0 Å². The van der Waals surface area contributed by atoms with E-state index in [1.165, 1.54) is 24.3 Å². The summed E-state index contributed by atoms with van der Waals surface area (Å²) < 4.78 is 3.87. The second-order valence-corrected chi connectivity index (χ2v) is 8.66. The first kappa shape index (κ1) is 21.1. The predicted molar refractivity (Wildman–Crippen MR) is 107 cm³/mol. The summed E-state index contributed by atoms with van der Waals surface area (Å²) in [6, 6.07) is 12.0. The summed E-state index contributed by atoms with van der Waals surface area (Å²) in [5.74, 6) is -0.790. The van der Waals surface area contributed by atoms with Gasteiger partial charge in [-0.3, -0.25) is 5.32 Å². The lowest BCUT2D eigenvalue weighted by Crippen LogP contribution is -2.48. The first-order valence-corrected chi connectivity index (χ1v) is 9.32. The number of alkyl halides is 3. The van der Waals surface area contributed by atoms with Crippen molar-refractivity contribution in [2.24, 2.45) is 0 Å². The van der Waals surface area contributed by atoms with Crippen molar-refractivity contribution in [3.05, 3.63) is 63.6 Å². The summed E-state index contributed by atoms with van der Waals surface area (Å²) >= 11 is 26.5. The van der Waals surface area contributed by atoms with E-state index in [1.54, 1.807) is 24.3 Å². The van der Waals surface area contributed by atoms with Crippen molar-refractivity contribution in [2.75, 3.05) is 5.32 Å². The minimum Gasteiger partial charge on any atom is -0.433 e. The Morgan fingerprint density at radius 2 is 1.58 bits per heavy atom.